The van der Waals surface area contributed by atoms with Crippen molar-refractivity contribution >= 4 is 5.82 Å². The Labute approximate surface area is 123 Å². The van der Waals surface area contributed by atoms with Crippen LogP contribution >= 0.6 is 0 Å². The minimum atomic E-state index is 0.586. The number of pyridine rings is 1. The summed E-state index contributed by atoms with van der Waals surface area (Å²) in [6, 6.07) is 6.71. The molecule has 1 aliphatic carbocycles. The molecule has 1 heterocycles. The lowest BCUT2D eigenvalue weighted by Gasteiger charge is -2.34. The van der Waals surface area contributed by atoms with Gasteiger partial charge in [0.1, 0.15) is 5.82 Å². The molecule has 0 atom stereocenters. The van der Waals surface area contributed by atoms with Gasteiger partial charge in [0.25, 0.3) is 0 Å². The summed E-state index contributed by atoms with van der Waals surface area (Å²) in [5.41, 5.74) is 0. The van der Waals surface area contributed by atoms with Gasteiger partial charge in [-0.25, -0.2) is 4.98 Å². The topological polar surface area (TPSA) is 19.4 Å². The second kappa shape index (κ2) is 7.31. The van der Waals surface area contributed by atoms with Gasteiger partial charge in [-0.2, -0.15) is 0 Å². The maximum absolute atomic E-state index is 4.43. The Morgan fingerprint density at radius 2 is 1.90 bits per heavy atom. The van der Waals surface area contributed by atoms with Crippen LogP contribution in [-0.4, -0.2) is 43.6 Å². The van der Waals surface area contributed by atoms with Gasteiger partial charge >= 0.3 is 0 Å². The van der Waals surface area contributed by atoms with Crippen molar-refractivity contribution in [2.24, 2.45) is 5.92 Å². The molecule has 0 N–H and O–H groups in total. The van der Waals surface area contributed by atoms with Crippen molar-refractivity contribution < 1.29 is 0 Å². The summed E-state index contributed by atoms with van der Waals surface area (Å²) in [4.78, 5) is 8.88. The van der Waals surface area contributed by atoms with Crippen molar-refractivity contribution in [2.45, 2.75) is 31.7 Å². The zero-order valence-corrected chi connectivity index (χ0v) is 12.8. The first kappa shape index (κ1) is 14.9. The van der Waals surface area contributed by atoms with Gasteiger partial charge in [-0.05, 0) is 51.9 Å². The summed E-state index contributed by atoms with van der Waals surface area (Å²) in [5.74, 6) is 8.37. The van der Waals surface area contributed by atoms with Crippen molar-refractivity contribution in [3.05, 3.63) is 24.4 Å². The van der Waals surface area contributed by atoms with E-state index in [2.05, 4.69) is 59.9 Å². The lowest BCUT2D eigenvalue weighted by atomic mass is 9.86. The van der Waals surface area contributed by atoms with E-state index in [9.17, 15) is 0 Å². The van der Waals surface area contributed by atoms with E-state index in [1.807, 2.05) is 12.3 Å². The number of anilines is 1. The summed E-state index contributed by atoms with van der Waals surface area (Å²) in [7, 11) is 6.28. The van der Waals surface area contributed by atoms with Crippen LogP contribution in [0.5, 0.6) is 0 Å². The molecule has 0 amide bonds. The van der Waals surface area contributed by atoms with Gasteiger partial charge in [-0.3, -0.25) is 4.90 Å². The van der Waals surface area contributed by atoms with Crippen LogP contribution in [0.2, 0.25) is 0 Å². The molecule has 2 rings (SSSR count). The highest BCUT2D eigenvalue weighted by molar-refractivity contribution is 5.38. The Balaban J connectivity index is 1.83. The fourth-order valence-corrected chi connectivity index (χ4v) is 2.70. The first-order valence-electron chi connectivity index (χ1n) is 7.44. The molecule has 3 heteroatoms. The van der Waals surface area contributed by atoms with E-state index in [1.54, 1.807) is 0 Å². The van der Waals surface area contributed by atoms with Gasteiger partial charge < -0.3 is 4.90 Å². The zero-order chi connectivity index (χ0) is 14.4. The molecule has 1 saturated carbocycles. The Hall–Kier alpha value is -1.53. The van der Waals surface area contributed by atoms with Gasteiger partial charge in [0.15, 0.2) is 0 Å². The molecule has 0 aliphatic heterocycles. The minimum absolute atomic E-state index is 0.586. The highest BCUT2D eigenvalue weighted by atomic mass is 15.2. The molecule has 3 nitrogen and oxygen atoms in total. The highest BCUT2D eigenvalue weighted by Gasteiger charge is 2.23. The Bertz CT molecular complexity index is 450. The summed E-state index contributed by atoms with van der Waals surface area (Å²) in [6.45, 7) is 0.869. The predicted octanol–water partition coefficient (Wildman–Crippen LogP) is 2.64. The Morgan fingerprint density at radius 1 is 1.15 bits per heavy atom. The number of hydrogen-bond acceptors (Lipinski definition) is 3. The van der Waals surface area contributed by atoms with E-state index >= 15 is 0 Å². The SMILES string of the molecule is CN(C)CC#CC1CCC(N(C)c2ccccn2)CC1. The predicted molar refractivity (Wildman–Crippen MR) is 84.7 cm³/mol. The molecular formula is C17H25N3. The van der Waals surface area contributed by atoms with Gasteiger partial charge in [0.05, 0.1) is 6.54 Å². The third-order valence-corrected chi connectivity index (χ3v) is 3.96. The average Bonchev–Trinajstić information content (AvgIpc) is 2.48. The van der Waals surface area contributed by atoms with Gasteiger partial charge in [0, 0.05) is 25.2 Å². The number of rotatable bonds is 3. The fourth-order valence-electron chi connectivity index (χ4n) is 2.70. The lowest BCUT2D eigenvalue weighted by Crippen LogP contribution is -2.35. The fraction of sp³-hybridized carbons (Fsp3) is 0.588. The van der Waals surface area contributed by atoms with Crippen LogP contribution in [0, 0.1) is 17.8 Å². The minimum Gasteiger partial charge on any atom is -0.357 e. The Kier molecular flexibility index (Phi) is 5.43. The van der Waals surface area contributed by atoms with Crippen molar-refractivity contribution in [1.82, 2.24) is 9.88 Å². The van der Waals surface area contributed by atoms with Crippen LogP contribution in [0.3, 0.4) is 0 Å². The number of nitrogens with zero attached hydrogens (tertiary/aromatic N) is 3. The molecular weight excluding hydrogens is 246 g/mol. The zero-order valence-electron chi connectivity index (χ0n) is 12.8. The van der Waals surface area contributed by atoms with Crippen LogP contribution < -0.4 is 4.90 Å². The van der Waals surface area contributed by atoms with Crippen LogP contribution in [0.25, 0.3) is 0 Å². The Morgan fingerprint density at radius 3 is 2.50 bits per heavy atom. The van der Waals surface area contributed by atoms with E-state index < -0.39 is 0 Å². The molecule has 0 radical (unpaired) electrons. The normalized spacial score (nSPS) is 22.2. The second-order valence-corrected chi connectivity index (χ2v) is 5.86. The summed E-state index contributed by atoms with van der Waals surface area (Å²) in [5, 5.41) is 0. The summed E-state index contributed by atoms with van der Waals surface area (Å²) >= 11 is 0. The van der Waals surface area contributed by atoms with Crippen LogP contribution in [0.4, 0.5) is 5.82 Å². The second-order valence-electron chi connectivity index (χ2n) is 5.86. The monoisotopic (exact) mass is 271 g/mol. The summed E-state index contributed by atoms with van der Waals surface area (Å²) in [6.07, 6.45) is 6.72. The maximum atomic E-state index is 4.43. The van der Waals surface area contributed by atoms with Crippen molar-refractivity contribution in [1.29, 1.82) is 0 Å². The first-order valence-corrected chi connectivity index (χ1v) is 7.44. The van der Waals surface area contributed by atoms with Gasteiger partial charge in [0.2, 0.25) is 0 Å². The smallest absolute Gasteiger partial charge is 0.128 e. The van der Waals surface area contributed by atoms with E-state index in [1.165, 1.54) is 25.7 Å². The van der Waals surface area contributed by atoms with Crippen LogP contribution in [0.15, 0.2) is 24.4 Å². The van der Waals surface area contributed by atoms with Crippen LogP contribution in [0.1, 0.15) is 25.7 Å². The molecule has 0 spiro atoms. The molecule has 1 aromatic heterocycles. The summed E-state index contributed by atoms with van der Waals surface area (Å²) < 4.78 is 0. The molecule has 0 aromatic carbocycles. The van der Waals surface area contributed by atoms with E-state index in [0.717, 1.165) is 12.4 Å². The third-order valence-electron chi connectivity index (χ3n) is 3.96. The molecule has 0 unspecified atom stereocenters. The molecule has 1 aromatic rings. The molecule has 1 aliphatic rings. The molecule has 20 heavy (non-hydrogen) atoms. The van der Waals surface area contributed by atoms with E-state index in [4.69, 9.17) is 0 Å². The molecule has 0 bridgehead atoms. The van der Waals surface area contributed by atoms with Crippen molar-refractivity contribution in [2.75, 3.05) is 32.6 Å². The van der Waals surface area contributed by atoms with Gasteiger partial charge in [-0.1, -0.05) is 17.9 Å². The van der Waals surface area contributed by atoms with Crippen molar-refractivity contribution in [3.8, 4) is 11.8 Å². The maximum Gasteiger partial charge on any atom is 0.128 e. The molecule has 108 valence electrons. The highest BCUT2D eigenvalue weighted by Crippen LogP contribution is 2.28. The molecule has 1 fully saturated rings. The lowest BCUT2D eigenvalue weighted by molar-refractivity contribution is 0.373. The molecule has 0 saturated heterocycles. The van der Waals surface area contributed by atoms with E-state index in [-0.39, 0.29) is 0 Å². The third kappa shape index (κ3) is 4.25. The number of aromatic nitrogens is 1. The van der Waals surface area contributed by atoms with E-state index in [0.29, 0.717) is 12.0 Å². The van der Waals surface area contributed by atoms with Gasteiger partial charge in [-0.15, -0.1) is 0 Å². The standard InChI is InChI=1S/C17H25N3/c1-19(2)14-6-7-15-9-11-16(12-10-15)20(3)17-8-4-5-13-18-17/h4-5,8,13,15-16H,9-12,14H2,1-3H3. The quantitative estimate of drug-likeness (QED) is 0.788. The van der Waals surface area contributed by atoms with Crippen LogP contribution in [-0.2, 0) is 0 Å². The van der Waals surface area contributed by atoms with Crippen molar-refractivity contribution in [3.63, 3.8) is 0 Å². The largest absolute Gasteiger partial charge is 0.357 e. The number of hydrogen-bond donors (Lipinski definition) is 0. The first-order chi connectivity index (χ1) is 9.66. The average molecular weight is 271 g/mol.